The number of halogens is 3. The monoisotopic (exact) mass is 366 g/mol. The van der Waals surface area contributed by atoms with Crippen molar-refractivity contribution < 1.29 is 13.2 Å². The molecule has 1 saturated heterocycles. The number of alkyl halides is 3. The molecule has 0 amide bonds. The first-order valence-corrected chi connectivity index (χ1v) is 8.52. The van der Waals surface area contributed by atoms with Crippen molar-refractivity contribution in [3.8, 4) is 11.1 Å². The SMILES string of the molecule is CNc1cc(-c2cc(N3CCCC[C@@H]3C(F)(F)F)[nH]c(=O)c2)c(C)cn1. The number of pyridine rings is 2. The Hall–Kier alpha value is -2.51. The maximum absolute atomic E-state index is 13.4. The highest BCUT2D eigenvalue weighted by molar-refractivity contribution is 5.72. The summed E-state index contributed by atoms with van der Waals surface area (Å²) in [4.78, 5) is 20.2. The third-order valence-corrected chi connectivity index (χ3v) is 4.69. The molecule has 2 aromatic rings. The molecular formula is C18H21F3N4O. The number of aromatic amines is 1. The summed E-state index contributed by atoms with van der Waals surface area (Å²) in [7, 11) is 1.73. The number of aryl methyl sites for hydroxylation is 1. The average Bonchev–Trinajstić information content (AvgIpc) is 2.61. The molecule has 0 radical (unpaired) electrons. The lowest BCUT2D eigenvalue weighted by atomic mass is 10.00. The summed E-state index contributed by atoms with van der Waals surface area (Å²) >= 11 is 0. The van der Waals surface area contributed by atoms with Gasteiger partial charge in [-0.2, -0.15) is 13.2 Å². The number of anilines is 2. The van der Waals surface area contributed by atoms with Gasteiger partial charge >= 0.3 is 6.18 Å². The van der Waals surface area contributed by atoms with Crippen LogP contribution >= 0.6 is 0 Å². The topological polar surface area (TPSA) is 61.0 Å². The van der Waals surface area contributed by atoms with Crippen LogP contribution in [-0.4, -0.2) is 35.8 Å². The van der Waals surface area contributed by atoms with Gasteiger partial charge < -0.3 is 15.2 Å². The number of aromatic nitrogens is 2. The highest BCUT2D eigenvalue weighted by Gasteiger charge is 2.44. The Balaban J connectivity index is 2.07. The Morgan fingerprint density at radius 1 is 1.27 bits per heavy atom. The van der Waals surface area contributed by atoms with E-state index in [-0.39, 0.29) is 18.8 Å². The Bertz CT molecular complexity index is 847. The molecule has 1 aliphatic rings. The summed E-state index contributed by atoms with van der Waals surface area (Å²) < 4.78 is 40.2. The number of nitrogens with one attached hydrogen (secondary N) is 2. The standard InChI is InChI=1S/C18H21F3N4O/c1-11-10-23-15(22-2)9-13(11)12-7-16(24-17(26)8-12)25-6-4-3-5-14(25)18(19,20)21/h7-10,14H,3-6H2,1-2H3,(H,22,23)(H,24,26)/t14-/m1/s1. The van der Waals surface area contributed by atoms with E-state index in [0.717, 1.165) is 11.1 Å². The fourth-order valence-corrected chi connectivity index (χ4v) is 3.37. The van der Waals surface area contributed by atoms with Crippen LogP contribution in [0.5, 0.6) is 0 Å². The lowest BCUT2D eigenvalue weighted by Crippen LogP contribution is -2.49. The van der Waals surface area contributed by atoms with Crippen molar-refractivity contribution in [1.29, 1.82) is 0 Å². The van der Waals surface area contributed by atoms with Gasteiger partial charge in [-0.3, -0.25) is 4.79 Å². The van der Waals surface area contributed by atoms with Gasteiger partial charge in [0.25, 0.3) is 0 Å². The summed E-state index contributed by atoms with van der Waals surface area (Å²) in [5, 5.41) is 2.93. The number of H-pyrrole nitrogens is 1. The van der Waals surface area contributed by atoms with Crippen LogP contribution < -0.4 is 15.8 Å². The summed E-state index contributed by atoms with van der Waals surface area (Å²) in [5.74, 6) is 0.829. The third-order valence-electron chi connectivity index (χ3n) is 4.69. The van der Waals surface area contributed by atoms with Crippen LogP contribution in [-0.2, 0) is 0 Å². The van der Waals surface area contributed by atoms with Gasteiger partial charge in [0.15, 0.2) is 0 Å². The second-order valence-electron chi connectivity index (χ2n) is 6.50. The molecule has 26 heavy (non-hydrogen) atoms. The molecule has 0 aromatic carbocycles. The Kier molecular flexibility index (Phi) is 4.93. The van der Waals surface area contributed by atoms with Gasteiger partial charge in [-0.1, -0.05) is 0 Å². The van der Waals surface area contributed by atoms with Crippen LogP contribution in [0.3, 0.4) is 0 Å². The van der Waals surface area contributed by atoms with Crippen molar-refractivity contribution in [3.63, 3.8) is 0 Å². The van der Waals surface area contributed by atoms with E-state index in [1.54, 1.807) is 25.4 Å². The first-order valence-electron chi connectivity index (χ1n) is 8.52. The minimum atomic E-state index is -4.33. The first kappa shape index (κ1) is 18.3. The van der Waals surface area contributed by atoms with Crippen molar-refractivity contribution in [1.82, 2.24) is 9.97 Å². The molecule has 1 aliphatic heterocycles. The molecule has 8 heteroatoms. The normalized spacial score (nSPS) is 18.0. The highest BCUT2D eigenvalue weighted by Crippen LogP contribution is 2.35. The summed E-state index contributed by atoms with van der Waals surface area (Å²) in [6, 6.07) is 3.23. The predicted octanol–water partition coefficient (Wildman–Crippen LogP) is 3.71. The smallest absolute Gasteiger partial charge is 0.373 e. The van der Waals surface area contributed by atoms with Gasteiger partial charge in [0.1, 0.15) is 17.7 Å². The fourth-order valence-electron chi connectivity index (χ4n) is 3.37. The van der Waals surface area contributed by atoms with Crippen molar-refractivity contribution in [2.75, 3.05) is 23.8 Å². The zero-order chi connectivity index (χ0) is 18.9. The van der Waals surface area contributed by atoms with E-state index in [2.05, 4.69) is 15.3 Å². The number of nitrogens with zero attached hydrogens (tertiary/aromatic N) is 2. The molecule has 5 nitrogen and oxygen atoms in total. The minimum Gasteiger partial charge on any atom is -0.373 e. The zero-order valence-electron chi connectivity index (χ0n) is 14.7. The van der Waals surface area contributed by atoms with E-state index in [1.165, 1.54) is 11.0 Å². The van der Waals surface area contributed by atoms with Gasteiger partial charge in [-0.25, -0.2) is 4.98 Å². The van der Waals surface area contributed by atoms with Crippen molar-refractivity contribution in [2.24, 2.45) is 0 Å². The molecule has 0 saturated carbocycles. The van der Waals surface area contributed by atoms with E-state index in [4.69, 9.17) is 0 Å². The van der Waals surface area contributed by atoms with Crippen molar-refractivity contribution in [3.05, 3.63) is 40.3 Å². The second-order valence-corrected chi connectivity index (χ2v) is 6.50. The Morgan fingerprint density at radius 3 is 2.73 bits per heavy atom. The Labute approximate surface area is 149 Å². The van der Waals surface area contributed by atoms with E-state index in [9.17, 15) is 18.0 Å². The predicted molar refractivity (Wildman–Crippen MR) is 95.6 cm³/mol. The molecular weight excluding hydrogens is 345 g/mol. The molecule has 2 aromatic heterocycles. The number of piperidine rings is 1. The molecule has 0 unspecified atom stereocenters. The number of rotatable bonds is 3. The third kappa shape index (κ3) is 3.68. The maximum atomic E-state index is 13.4. The van der Waals surface area contributed by atoms with Crippen LogP contribution in [0.15, 0.2) is 29.2 Å². The second kappa shape index (κ2) is 7.01. The van der Waals surface area contributed by atoms with E-state index in [0.29, 0.717) is 24.2 Å². The molecule has 140 valence electrons. The quantitative estimate of drug-likeness (QED) is 0.869. The molecule has 3 rings (SSSR count). The number of hydrogen-bond acceptors (Lipinski definition) is 4. The van der Waals surface area contributed by atoms with Crippen molar-refractivity contribution in [2.45, 2.75) is 38.4 Å². The highest BCUT2D eigenvalue weighted by atomic mass is 19.4. The van der Waals surface area contributed by atoms with Crippen LogP contribution in [0.4, 0.5) is 24.8 Å². The molecule has 1 atom stereocenters. The molecule has 3 heterocycles. The summed E-state index contributed by atoms with van der Waals surface area (Å²) in [6.45, 7) is 2.11. The van der Waals surface area contributed by atoms with Crippen LogP contribution in [0.2, 0.25) is 0 Å². The van der Waals surface area contributed by atoms with Gasteiger partial charge in [-0.05, 0) is 55.0 Å². The van der Waals surface area contributed by atoms with E-state index in [1.807, 2.05) is 6.92 Å². The van der Waals surface area contributed by atoms with Crippen LogP contribution in [0.25, 0.3) is 11.1 Å². The first-order chi connectivity index (χ1) is 12.3. The van der Waals surface area contributed by atoms with Gasteiger partial charge in [-0.15, -0.1) is 0 Å². The molecule has 1 fully saturated rings. The van der Waals surface area contributed by atoms with E-state index >= 15 is 0 Å². The van der Waals surface area contributed by atoms with Gasteiger partial charge in [0.2, 0.25) is 5.56 Å². The summed E-state index contributed by atoms with van der Waals surface area (Å²) in [5.41, 5.74) is 1.75. The fraction of sp³-hybridized carbons (Fsp3) is 0.444. The molecule has 2 N–H and O–H groups in total. The zero-order valence-corrected chi connectivity index (χ0v) is 14.7. The lowest BCUT2D eigenvalue weighted by Gasteiger charge is -2.38. The largest absolute Gasteiger partial charge is 0.408 e. The number of hydrogen-bond donors (Lipinski definition) is 2. The van der Waals surface area contributed by atoms with Gasteiger partial charge in [0.05, 0.1) is 0 Å². The molecule has 0 spiro atoms. The summed E-state index contributed by atoms with van der Waals surface area (Å²) in [6.07, 6.45) is -1.44. The average molecular weight is 366 g/mol. The minimum absolute atomic E-state index is 0.0357. The maximum Gasteiger partial charge on any atom is 0.408 e. The van der Waals surface area contributed by atoms with E-state index < -0.39 is 17.8 Å². The van der Waals surface area contributed by atoms with Gasteiger partial charge in [0, 0.05) is 25.9 Å². The van der Waals surface area contributed by atoms with Crippen molar-refractivity contribution >= 4 is 11.6 Å². The molecule has 0 bridgehead atoms. The Morgan fingerprint density at radius 2 is 2.04 bits per heavy atom. The van der Waals surface area contributed by atoms with Crippen LogP contribution in [0.1, 0.15) is 24.8 Å². The lowest BCUT2D eigenvalue weighted by molar-refractivity contribution is -0.152. The van der Waals surface area contributed by atoms with Crippen LogP contribution in [0, 0.1) is 6.92 Å². The molecule has 0 aliphatic carbocycles.